The Balaban J connectivity index is 2.54. The first-order valence-corrected chi connectivity index (χ1v) is 6.61. The Bertz CT molecular complexity index is 149. The molecular formula is C13H25Li. The molecule has 1 fully saturated rings. The number of rotatable bonds is 4. The molecule has 0 bridgehead atoms. The van der Waals surface area contributed by atoms with Gasteiger partial charge in [-0.15, -0.1) is 0 Å². The summed E-state index contributed by atoms with van der Waals surface area (Å²) in [6, 6.07) is 0. The zero-order valence-corrected chi connectivity index (χ0v) is 10.7. The molecule has 0 amide bonds. The van der Waals surface area contributed by atoms with E-state index in [-0.39, 0.29) is 0 Å². The molecule has 1 rings (SSSR count). The minimum atomic E-state index is 0.944. The van der Waals surface area contributed by atoms with Gasteiger partial charge in [0.1, 0.15) is 0 Å². The van der Waals surface area contributed by atoms with E-state index in [1.807, 2.05) is 0 Å². The molecule has 0 aromatic carbocycles. The first-order valence-electron chi connectivity index (χ1n) is 6.61. The Morgan fingerprint density at radius 2 is 1.36 bits per heavy atom. The van der Waals surface area contributed by atoms with E-state index in [1.54, 1.807) is 0 Å². The zero-order valence-electron chi connectivity index (χ0n) is 10.7. The van der Waals surface area contributed by atoms with Gasteiger partial charge in [-0.2, -0.15) is 0 Å². The normalized spacial score (nSPS) is 37.1. The fraction of sp³-hybridized carbons (Fsp3) is 1.00. The number of hydrogen-bond donors (Lipinski definition) is 0. The second-order valence-electron chi connectivity index (χ2n) is 5.54. The fourth-order valence-electron chi connectivity index (χ4n) is 3.44. The summed E-state index contributed by atoms with van der Waals surface area (Å²) in [4.78, 5) is 0. The van der Waals surface area contributed by atoms with Crippen LogP contribution in [0, 0.1) is 23.7 Å². The molecule has 0 radical (unpaired) electrons. The third-order valence-electron chi connectivity index (χ3n) is 4.93. The number of hydrogen-bond acceptors (Lipinski definition) is 0. The molecule has 0 nitrogen and oxygen atoms in total. The van der Waals surface area contributed by atoms with Crippen molar-refractivity contribution in [2.24, 2.45) is 23.7 Å². The third-order valence-corrected chi connectivity index (χ3v) is 4.93. The summed E-state index contributed by atoms with van der Waals surface area (Å²) in [7, 11) is 0. The van der Waals surface area contributed by atoms with Crippen LogP contribution in [-0.2, 0) is 0 Å². The molecule has 14 heavy (non-hydrogen) atoms. The average Bonchev–Trinajstić information content (AvgIpc) is 2.58. The van der Waals surface area contributed by atoms with E-state index in [0.717, 1.165) is 28.3 Å². The van der Waals surface area contributed by atoms with E-state index in [2.05, 4.69) is 45.4 Å². The van der Waals surface area contributed by atoms with E-state index >= 15 is 0 Å². The van der Waals surface area contributed by atoms with Crippen molar-refractivity contribution in [1.29, 1.82) is 0 Å². The van der Waals surface area contributed by atoms with Crippen LogP contribution >= 0.6 is 0 Å². The van der Waals surface area contributed by atoms with Gasteiger partial charge in [0.05, 0.1) is 0 Å². The molecule has 0 spiro atoms. The summed E-state index contributed by atoms with van der Waals surface area (Å²) < 4.78 is 0.972. The van der Waals surface area contributed by atoms with Crippen molar-refractivity contribution in [3.63, 3.8) is 0 Å². The van der Waals surface area contributed by atoms with Gasteiger partial charge in [0.2, 0.25) is 0 Å². The quantitative estimate of drug-likeness (QED) is 0.583. The Kier molecular flexibility index (Phi) is 5.08. The van der Waals surface area contributed by atoms with Crippen molar-refractivity contribution in [3.05, 3.63) is 0 Å². The van der Waals surface area contributed by atoms with Crippen molar-refractivity contribution in [1.82, 2.24) is 0 Å². The van der Waals surface area contributed by atoms with Crippen molar-refractivity contribution >= 4 is 17.7 Å². The second kappa shape index (κ2) is 5.62. The van der Waals surface area contributed by atoms with E-state index in [4.69, 9.17) is 0 Å². The monoisotopic (exact) mass is 188 g/mol. The summed E-state index contributed by atoms with van der Waals surface area (Å²) in [5, 5.41) is 0. The average molecular weight is 188 g/mol. The second-order valence-corrected chi connectivity index (χ2v) is 5.54. The van der Waals surface area contributed by atoms with Gasteiger partial charge in [0.25, 0.3) is 0 Å². The van der Waals surface area contributed by atoms with Gasteiger partial charge in [0, 0.05) is 0 Å². The van der Waals surface area contributed by atoms with E-state index in [9.17, 15) is 0 Å². The maximum atomic E-state index is 2.50. The van der Waals surface area contributed by atoms with E-state index in [0.29, 0.717) is 0 Å². The van der Waals surface area contributed by atoms with Crippen LogP contribution < -0.4 is 0 Å². The van der Waals surface area contributed by atoms with Crippen LogP contribution in [0.25, 0.3) is 0 Å². The standard InChI is InChI=1S/C13H25.Li/c1-5-10(3)12-7-8-13(9-12)11(4)6-2;/h9-13H,5-8H2,1-4H3;. The van der Waals surface area contributed by atoms with Crippen LogP contribution in [0.15, 0.2) is 0 Å². The molecule has 4 atom stereocenters. The molecule has 0 saturated heterocycles. The molecule has 0 aromatic heterocycles. The molecule has 0 N–H and O–H groups in total. The van der Waals surface area contributed by atoms with Crippen molar-refractivity contribution in [2.75, 3.05) is 0 Å². The molecule has 1 heteroatoms. The molecule has 1 aliphatic carbocycles. The fourth-order valence-corrected chi connectivity index (χ4v) is 3.44. The van der Waals surface area contributed by atoms with Gasteiger partial charge in [0.15, 0.2) is 0 Å². The third kappa shape index (κ3) is 2.59. The molecule has 0 aromatic rings. The van der Waals surface area contributed by atoms with Gasteiger partial charge < -0.3 is 0 Å². The molecule has 4 unspecified atom stereocenters. The molecule has 0 heterocycles. The topological polar surface area (TPSA) is 0 Å². The summed E-state index contributed by atoms with van der Waals surface area (Å²) in [5.74, 6) is 3.91. The zero-order chi connectivity index (χ0) is 10.7. The Morgan fingerprint density at radius 3 is 1.64 bits per heavy atom. The minimum absolute atomic E-state index is 0.944. The SMILES string of the molecule is [Li][CH]1C(C(C)CC)CCC1C(C)CC. The van der Waals surface area contributed by atoms with Gasteiger partial charge in [-0.1, -0.05) is 0 Å². The first-order chi connectivity index (χ1) is 6.61. The van der Waals surface area contributed by atoms with Crippen LogP contribution in [0.1, 0.15) is 53.4 Å². The van der Waals surface area contributed by atoms with Crippen LogP contribution in [0.2, 0.25) is 4.59 Å². The van der Waals surface area contributed by atoms with Crippen LogP contribution in [0.5, 0.6) is 0 Å². The summed E-state index contributed by atoms with van der Waals surface area (Å²) in [6.07, 6.45) is 5.71. The van der Waals surface area contributed by atoms with Crippen molar-refractivity contribution in [2.45, 2.75) is 58.0 Å². The van der Waals surface area contributed by atoms with Gasteiger partial charge in [-0.05, 0) is 0 Å². The predicted molar refractivity (Wildman–Crippen MR) is 64.6 cm³/mol. The molecular weight excluding hydrogens is 163 g/mol. The Labute approximate surface area is 99.4 Å². The molecule has 0 aliphatic heterocycles. The van der Waals surface area contributed by atoms with Crippen molar-refractivity contribution in [3.8, 4) is 0 Å². The molecule has 1 saturated carbocycles. The Hall–Kier alpha value is 0.597. The Morgan fingerprint density at radius 1 is 1.00 bits per heavy atom. The molecule has 78 valence electrons. The van der Waals surface area contributed by atoms with Crippen LogP contribution in [0.3, 0.4) is 0 Å². The van der Waals surface area contributed by atoms with Crippen LogP contribution in [0.4, 0.5) is 0 Å². The van der Waals surface area contributed by atoms with Gasteiger partial charge in [-0.25, -0.2) is 0 Å². The van der Waals surface area contributed by atoms with Gasteiger partial charge >= 0.3 is 99.4 Å². The van der Waals surface area contributed by atoms with Crippen LogP contribution in [-0.4, -0.2) is 17.7 Å². The first kappa shape index (κ1) is 12.7. The van der Waals surface area contributed by atoms with Gasteiger partial charge in [-0.3, -0.25) is 0 Å². The van der Waals surface area contributed by atoms with E-state index < -0.39 is 0 Å². The summed E-state index contributed by atoms with van der Waals surface area (Å²) in [6.45, 7) is 9.57. The molecule has 1 aliphatic rings. The predicted octanol–water partition coefficient (Wildman–Crippen LogP) is 4.06. The summed E-state index contributed by atoms with van der Waals surface area (Å²) in [5.41, 5.74) is 0. The summed E-state index contributed by atoms with van der Waals surface area (Å²) >= 11 is 2.50. The maximum absolute atomic E-state index is 2.50. The van der Waals surface area contributed by atoms with E-state index in [1.165, 1.54) is 25.7 Å². The van der Waals surface area contributed by atoms with Crippen molar-refractivity contribution < 1.29 is 0 Å².